The molecule has 0 spiro atoms. The van der Waals surface area contributed by atoms with Crippen molar-refractivity contribution in [1.29, 1.82) is 0 Å². The van der Waals surface area contributed by atoms with Crippen molar-refractivity contribution in [3.8, 4) is 0 Å². The summed E-state index contributed by atoms with van der Waals surface area (Å²) in [5, 5.41) is 0. The lowest BCUT2D eigenvalue weighted by molar-refractivity contribution is -0.167. The molecule has 0 aliphatic carbocycles. The van der Waals surface area contributed by atoms with Crippen LogP contribution in [0.25, 0.3) is 0 Å². The molecule has 294 valence electrons. The zero-order valence-electron chi connectivity index (χ0n) is 33.3. The van der Waals surface area contributed by atoms with Crippen LogP contribution in [0.5, 0.6) is 0 Å². The summed E-state index contributed by atoms with van der Waals surface area (Å²) in [6.45, 7) is 6.23. The topological polar surface area (TPSA) is 78.9 Å². The Morgan fingerprint density at radius 2 is 0.865 bits per heavy atom. The highest BCUT2D eigenvalue weighted by atomic mass is 16.6. The van der Waals surface area contributed by atoms with Crippen LogP contribution in [0, 0.1) is 0 Å². The predicted octanol–water partition coefficient (Wildman–Crippen LogP) is 12.9. The highest BCUT2D eigenvalue weighted by Crippen LogP contribution is 2.11. The van der Waals surface area contributed by atoms with Crippen LogP contribution in [0.4, 0.5) is 0 Å². The molecule has 6 nitrogen and oxygen atoms in total. The Bertz CT molecular complexity index is 1060. The Labute approximate surface area is 318 Å². The third-order valence-electron chi connectivity index (χ3n) is 8.18. The van der Waals surface area contributed by atoms with Crippen molar-refractivity contribution < 1.29 is 28.6 Å². The van der Waals surface area contributed by atoms with Crippen LogP contribution < -0.4 is 0 Å². The number of hydrogen-bond donors (Lipinski definition) is 0. The van der Waals surface area contributed by atoms with Crippen molar-refractivity contribution in [3.05, 3.63) is 85.1 Å². The summed E-state index contributed by atoms with van der Waals surface area (Å²) in [7, 11) is 0. The van der Waals surface area contributed by atoms with Gasteiger partial charge >= 0.3 is 17.9 Å². The van der Waals surface area contributed by atoms with E-state index >= 15 is 0 Å². The third kappa shape index (κ3) is 37.8. The molecule has 0 amide bonds. The Morgan fingerprint density at radius 3 is 1.52 bits per heavy atom. The highest BCUT2D eigenvalue weighted by molar-refractivity contribution is 5.71. The lowest BCUT2D eigenvalue weighted by Crippen LogP contribution is -2.30. The molecule has 0 saturated carbocycles. The van der Waals surface area contributed by atoms with Crippen molar-refractivity contribution in [2.45, 2.75) is 175 Å². The van der Waals surface area contributed by atoms with Crippen molar-refractivity contribution in [2.24, 2.45) is 0 Å². The molecule has 0 saturated heterocycles. The average molecular weight is 723 g/mol. The van der Waals surface area contributed by atoms with Crippen LogP contribution in [0.3, 0.4) is 0 Å². The summed E-state index contributed by atoms with van der Waals surface area (Å²) < 4.78 is 16.5. The predicted molar refractivity (Wildman–Crippen MR) is 219 cm³/mol. The van der Waals surface area contributed by atoms with E-state index in [1.54, 1.807) is 0 Å². The third-order valence-corrected chi connectivity index (χ3v) is 8.18. The zero-order valence-corrected chi connectivity index (χ0v) is 33.3. The van der Waals surface area contributed by atoms with Crippen molar-refractivity contribution >= 4 is 17.9 Å². The van der Waals surface area contributed by atoms with Gasteiger partial charge in [-0.25, -0.2) is 0 Å². The maximum Gasteiger partial charge on any atom is 0.306 e. The van der Waals surface area contributed by atoms with Gasteiger partial charge in [-0.05, 0) is 89.9 Å². The van der Waals surface area contributed by atoms with Gasteiger partial charge in [0, 0.05) is 19.3 Å². The Morgan fingerprint density at radius 1 is 0.423 bits per heavy atom. The second kappa shape index (κ2) is 40.4. The quantitative estimate of drug-likeness (QED) is 0.0213. The molecular weight excluding hydrogens is 648 g/mol. The Balaban J connectivity index is 4.52. The summed E-state index contributed by atoms with van der Waals surface area (Å²) in [5.74, 6) is -1.02. The van der Waals surface area contributed by atoms with Gasteiger partial charge in [-0.2, -0.15) is 0 Å². The molecule has 1 atom stereocenters. The lowest BCUT2D eigenvalue weighted by Gasteiger charge is -2.18. The summed E-state index contributed by atoms with van der Waals surface area (Å²) in [6, 6.07) is 0. The number of hydrogen-bond acceptors (Lipinski definition) is 6. The van der Waals surface area contributed by atoms with E-state index in [2.05, 4.69) is 99.8 Å². The molecule has 0 N–H and O–H groups in total. The number of unbranched alkanes of at least 4 members (excludes halogenated alkanes) is 12. The fourth-order valence-electron chi connectivity index (χ4n) is 5.10. The van der Waals surface area contributed by atoms with Crippen molar-refractivity contribution in [2.75, 3.05) is 13.2 Å². The van der Waals surface area contributed by atoms with Gasteiger partial charge in [0.25, 0.3) is 0 Å². The van der Waals surface area contributed by atoms with E-state index in [1.165, 1.54) is 25.7 Å². The molecule has 0 aliphatic heterocycles. The fraction of sp³-hybridized carbons (Fsp3) is 0.630. The fourth-order valence-corrected chi connectivity index (χ4v) is 5.10. The second-order valence-corrected chi connectivity index (χ2v) is 13.2. The largest absolute Gasteiger partial charge is 0.462 e. The molecule has 0 aliphatic rings. The van der Waals surface area contributed by atoms with Gasteiger partial charge in [0.05, 0.1) is 0 Å². The standard InChI is InChI=1S/C46H74O6/c1-4-7-10-13-16-19-21-23-25-27-30-33-36-39-45(48)51-42-43(41-50-44(47)38-35-32-29-26-18-15-12-9-6-3)52-46(49)40-37-34-31-28-24-22-20-17-14-11-8-5-2/h7-8,10-11,13,16-17,19-21,24,26,28-29,43H,4-6,9,12,14-15,18,22-23,25,27,30-42H2,1-3H3/b10-7-,11-8-,16-13-,20-17-,21-19-,28-24-,29-26-. The lowest BCUT2D eigenvalue weighted by atomic mass is 10.1. The first-order valence-corrected chi connectivity index (χ1v) is 20.6. The van der Waals surface area contributed by atoms with E-state index < -0.39 is 6.10 Å². The van der Waals surface area contributed by atoms with Crippen LogP contribution in [0.2, 0.25) is 0 Å². The van der Waals surface area contributed by atoms with Crippen LogP contribution >= 0.6 is 0 Å². The van der Waals surface area contributed by atoms with Gasteiger partial charge in [0.15, 0.2) is 6.10 Å². The number of allylic oxidation sites excluding steroid dienone is 14. The van der Waals surface area contributed by atoms with Gasteiger partial charge in [-0.15, -0.1) is 0 Å². The minimum absolute atomic E-state index is 0.113. The Hall–Kier alpha value is -3.41. The van der Waals surface area contributed by atoms with Gasteiger partial charge in [-0.1, -0.05) is 144 Å². The molecule has 0 aromatic heterocycles. The van der Waals surface area contributed by atoms with E-state index in [1.807, 2.05) is 6.08 Å². The van der Waals surface area contributed by atoms with E-state index in [-0.39, 0.29) is 37.5 Å². The molecule has 0 aromatic carbocycles. The first kappa shape index (κ1) is 48.6. The first-order valence-electron chi connectivity index (χ1n) is 20.6. The van der Waals surface area contributed by atoms with Crippen LogP contribution in [0.15, 0.2) is 85.1 Å². The molecule has 0 bridgehead atoms. The van der Waals surface area contributed by atoms with E-state index in [0.717, 1.165) is 89.9 Å². The molecule has 0 fully saturated rings. The monoisotopic (exact) mass is 723 g/mol. The summed E-state index contributed by atoms with van der Waals surface area (Å²) in [4.78, 5) is 37.5. The van der Waals surface area contributed by atoms with E-state index in [4.69, 9.17) is 14.2 Å². The summed E-state index contributed by atoms with van der Waals surface area (Å²) in [6.07, 6.45) is 50.1. The van der Waals surface area contributed by atoms with Crippen LogP contribution in [-0.4, -0.2) is 37.2 Å². The number of carbonyl (C=O) groups is 3. The SMILES string of the molecule is CC\C=C/C=C\C=C/CCCCCCCC(=O)OCC(COC(=O)CCC/C=C\CCCCCC)OC(=O)CCCC/C=C\C/C=C\C/C=C\CC. The Kier molecular flexibility index (Phi) is 37.7. The van der Waals surface area contributed by atoms with Crippen molar-refractivity contribution in [1.82, 2.24) is 0 Å². The maximum atomic E-state index is 12.6. The average Bonchev–Trinajstić information content (AvgIpc) is 3.14. The van der Waals surface area contributed by atoms with E-state index in [9.17, 15) is 14.4 Å². The van der Waals surface area contributed by atoms with Crippen LogP contribution in [0.1, 0.15) is 168 Å². The molecule has 0 rings (SSSR count). The zero-order chi connectivity index (χ0) is 38.0. The summed E-state index contributed by atoms with van der Waals surface area (Å²) in [5.41, 5.74) is 0. The minimum Gasteiger partial charge on any atom is -0.462 e. The number of esters is 3. The van der Waals surface area contributed by atoms with Gasteiger partial charge in [0.2, 0.25) is 0 Å². The number of carbonyl (C=O) groups excluding carboxylic acids is 3. The normalized spacial score (nSPS) is 12.9. The smallest absolute Gasteiger partial charge is 0.306 e. The molecule has 6 heteroatoms. The molecule has 0 heterocycles. The highest BCUT2D eigenvalue weighted by Gasteiger charge is 2.19. The first-order chi connectivity index (χ1) is 25.5. The number of rotatable bonds is 35. The minimum atomic E-state index is -0.812. The van der Waals surface area contributed by atoms with Gasteiger partial charge < -0.3 is 14.2 Å². The molecule has 1 unspecified atom stereocenters. The van der Waals surface area contributed by atoms with Crippen LogP contribution in [-0.2, 0) is 28.6 Å². The van der Waals surface area contributed by atoms with Crippen molar-refractivity contribution in [3.63, 3.8) is 0 Å². The van der Waals surface area contributed by atoms with Gasteiger partial charge in [-0.3, -0.25) is 14.4 Å². The van der Waals surface area contributed by atoms with Gasteiger partial charge in [0.1, 0.15) is 13.2 Å². The molecule has 52 heavy (non-hydrogen) atoms. The number of ether oxygens (including phenoxy) is 3. The molecule has 0 radical (unpaired) electrons. The molecule has 0 aromatic rings. The maximum absolute atomic E-state index is 12.6. The molecular formula is C46H74O6. The summed E-state index contributed by atoms with van der Waals surface area (Å²) >= 11 is 0. The van der Waals surface area contributed by atoms with E-state index in [0.29, 0.717) is 25.7 Å². The second-order valence-electron chi connectivity index (χ2n) is 13.2.